The molecule has 0 aromatic carbocycles. The van der Waals surface area contributed by atoms with E-state index >= 15 is 0 Å². The molecule has 3 heteroatoms. The van der Waals surface area contributed by atoms with Gasteiger partial charge in [-0.25, -0.2) is 0 Å². The highest BCUT2D eigenvalue weighted by atomic mass is 16.1. The first-order valence-electron chi connectivity index (χ1n) is 5.74. The second-order valence-electron chi connectivity index (χ2n) is 3.94. The Hall–Kier alpha value is -0.410. The summed E-state index contributed by atoms with van der Waals surface area (Å²) in [6, 6.07) is 0.622. The normalized spacial score (nSPS) is 18.8. The van der Waals surface area contributed by atoms with Crippen LogP contribution in [0.3, 0.4) is 0 Å². The Morgan fingerprint density at radius 1 is 1.36 bits per heavy atom. The molecular weight excluding hydrogens is 176 g/mol. The van der Waals surface area contributed by atoms with Gasteiger partial charge >= 0.3 is 0 Å². The molecule has 0 unspecified atom stereocenters. The minimum absolute atomic E-state index is 0.366. The number of hydrogen-bond acceptors (Lipinski definition) is 3. The van der Waals surface area contributed by atoms with E-state index in [1.165, 1.54) is 12.8 Å². The summed E-state index contributed by atoms with van der Waals surface area (Å²) in [6.45, 7) is 7.93. The van der Waals surface area contributed by atoms with Gasteiger partial charge in [0.2, 0.25) is 0 Å². The fourth-order valence-corrected chi connectivity index (χ4v) is 2.01. The lowest BCUT2D eigenvalue weighted by molar-refractivity contribution is -0.120. The number of ketones is 1. The van der Waals surface area contributed by atoms with Gasteiger partial charge in [-0.1, -0.05) is 13.8 Å². The van der Waals surface area contributed by atoms with Crippen molar-refractivity contribution in [2.24, 2.45) is 0 Å². The Morgan fingerprint density at radius 2 is 2.00 bits per heavy atom. The van der Waals surface area contributed by atoms with Crippen molar-refractivity contribution in [2.75, 3.05) is 26.2 Å². The lowest BCUT2D eigenvalue weighted by atomic mass is 10.0. The average molecular weight is 198 g/mol. The molecule has 14 heavy (non-hydrogen) atoms. The van der Waals surface area contributed by atoms with Crippen molar-refractivity contribution in [1.82, 2.24) is 10.2 Å². The minimum Gasteiger partial charge on any atom is -0.317 e. The van der Waals surface area contributed by atoms with E-state index in [0.29, 0.717) is 24.8 Å². The molecule has 0 bridgehead atoms. The van der Waals surface area contributed by atoms with Gasteiger partial charge in [-0.05, 0) is 32.5 Å². The zero-order valence-electron chi connectivity index (χ0n) is 9.38. The molecule has 0 saturated carbocycles. The first-order valence-corrected chi connectivity index (χ1v) is 5.74. The predicted molar refractivity (Wildman–Crippen MR) is 58.4 cm³/mol. The molecule has 1 fully saturated rings. The van der Waals surface area contributed by atoms with Crippen LogP contribution in [0.4, 0.5) is 0 Å². The van der Waals surface area contributed by atoms with Gasteiger partial charge in [0.25, 0.3) is 0 Å². The van der Waals surface area contributed by atoms with E-state index in [1.807, 2.05) is 6.92 Å². The zero-order valence-corrected chi connectivity index (χ0v) is 9.38. The third-order valence-corrected chi connectivity index (χ3v) is 3.01. The van der Waals surface area contributed by atoms with Crippen molar-refractivity contribution in [3.05, 3.63) is 0 Å². The molecule has 0 atom stereocenters. The lowest BCUT2D eigenvalue weighted by Crippen LogP contribution is -2.45. The number of carbonyl (C=O) groups is 1. The number of carbonyl (C=O) groups excluding carboxylic acids is 1. The van der Waals surface area contributed by atoms with Crippen LogP contribution in [0.25, 0.3) is 0 Å². The van der Waals surface area contributed by atoms with Crippen molar-refractivity contribution in [3.8, 4) is 0 Å². The first kappa shape index (κ1) is 11.7. The number of nitrogens with zero attached hydrogens (tertiary/aromatic N) is 1. The topological polar surface area (TPSA) is 32.3 Å². The summed E-state index contributed by atoms with van der Waals surface area (Å²) in [4.78, 5) is 13.7. The minimum atomic E-state index is 0.366. The molecule has 1 rings (SSSR count). The van der Waals surface area contributed by atoms with Gasteiger partial charge in [-0.3, -0.25) is 9.69 Å². The summed E-state index contributed by atoms with van der Waals surface area (Å²) in [5.41, 5.74) is 0. The molecular formula is C11H22N2O. The van der Waals surface area contributed by atoms with Crippen LogP contribution >= 0.6 is 0 Å². The molecule has 1 saturated heterocycles. The predicted octanol–water partition coefficient (Wildman–Crippen LogP) is 1.04. The summed E-state index contributed by atoms with van der Waals surface area (Å²) >= 11 is 0. The van der Waals surface area contributed by atoms with Gasteiger partial charge in [-0.2, -0.15) is 0 Å². The summed E-state index contributed by atoms with van der Waals surface area (Å²) in [6.07, 6.45) is 3.04. The molecule has 0 aromatic heterocycles. The molecule has 0 spiro atoms. The van der Waals surface area contributed by atoms with Gasteiger partial charge in [0.05, 0.1) is 6.54 Å². The van der Waals surface area contributed by atoms with E-state index in [0.717, 1.165) is 19.6 Å². The number of hydrogen-bond donors (Lipinski definition) is 1. The highest BCUT2D eigenvalue weighted by Crippen LogP contribution is 2.11. The second kappa shape index (κ2) is 6.14. The Kier molecular flexibility index (Phi) is 5.12. The van der Waals surface area contributed by atoms with Crippen LogP contribution in [0, 0.1) is 0 Å². The van der Waals surface area contributed by atoms with Crippen molar-refractivity contribution in [3.63, 3.8) is 0 Å². The lowest BCUT2D eigenvalue weighted by Gasteiger charge is -2.33. The van der Waals surface area contributed by atoms with E-state index in [-0.39, 0.29) is 0 Å². The Labute approximate surface area is 86.9 Å². The standard InChI is InChI=1S/C11H22N2O/c1-3-11(14)9-13(4-2)10-5-7-12-8-6-10/h10,12H,3-9H2,1-2H3. The monoisotopic (exact) mass is 198 g/mol. The third kappa shape index (κ3) is 3.39. The zero-order chi connectivity index (χ0) is 10.4. The van der Waals surface area contributed by atoms with Crippen molar-refractivity contribution < 1.29 is 4.79 Å². The van der Waals surface area contributed by atoms with Gasteiger partial charge in [0.15, 0.2) is 0 Å². The van der Waals surface area contributed by atoms with Crippen molar-refractivity contribution in [2.45, 2.75) is 39.2 Å². The molecule has 0 radical (unpaired) electrons. The molecule has 0 aromatic rings. The molecule has 1 N–H and O–H groups in total. The second-order valence-corrected chi connectivity index (χ2v) is 3.94. The maximum atomic E-state index is 11.4. The number of likely N-dealkylation sites (N-methyl/N-ethyl adjacent to an activating group) is 1. The van der Waals surface area contributed by atoms with Crippen molar-refractivity contribution >= 4 is 5.78 Å². The van der Waals surface area contributed by atoms with Gasteiger partial charge in [0.1, 0.15) is 5.78 Å². The maximum absolute atomic E-state index is 11.4. The van der Waals surface area contributed by atoms with E-state index in [2.05, 4.69) is 17.1 Å². The van der Waals surface area contributed by atoms with Crippen LogP contribution in [0.1, 0.15) is 33.1 Å². The van der Waals surface area contributed by atoms with Crippen LogP contribution in [-0.2, 0) is 4.79 Å². The van der Waals surface area contributed by atoms with E-state index in [1.54, 1.807) is 0 Å². The van der Waals surface area contributed by atoms with Crippen LogP contribution < -0.4 is 5.32 Å². The molecule has 0 aliphatic carbocycles. The molecule has 3 nitrogen and oxygen atoms in total. The average Bonchev–Trinajstić information content (AvgIpc) is 2.26. The maximum Gasteiger partial charge on any atom is 0.146 e. The first-order chi connectivity index (χ1) is 6.77. The molecule has 0 amide bonds. The molecule has 82 valence electrons. The van der Waals surface area contributed by atoms with Gasteiger partial charge < -0.3 is 5.32 Å². The summed E-state index contributed by atoms with van der Waals surface area (Å²) in [5.74, 6) is 0.366. The highest BCUT2D eigenvalue weighted by Gasteiger charge is 2.20. The number of rotatable bonds is 5. The van der Waals surface area contributed by atoms with E-state index in [4.69, 9.17) is 0 Å². The molecule has 1 heterocycles. The largest absolute Gasteiger partial charge is 0.317 e. The highest BCUT2D eigenvalue weighted by molar-refractivity contribution is 5.80. The summed E-state index contributed by atoms with van der Waals surface area (Å²) in [5, 5.41) is 3.35. The van der Waals surface area contributed by atoms with Crippen LogP contribution in [0.2, 0.25) is 0 Å². The Balaban J connectivity index is 2.39. The van der Waals surface area contributed by atoms with Gasteiger partial charge in [0, 0.05) is 12.5 Å². The number of Topliss-reactive ketones (excluding diaryl/α,β-unsaturated/α-hetero) is 1. The van der Waals surface area contributed by atoms with Gasteiger partial charge in [-0.15, -0.1) is 0 Å². The van der Waals surface area contributed by atoms with E-state index in [9.17, 15) is 4.79 Å². The molecule has 1 aliphatic rings. The summed E-state index contributed by atoms with van der Waals surface area (Å²) in [7, 11) is 0. The third-order valence-electron chi connectivity index (χ3n) is 3.01. The Bertz CT molecular complexity index is 176. The fourth-order valence-electron chi connectivity index (χ4n) is 2.01. The SMILES string of the molecule is CCC(=O)CN(CC)C1CCNCC1. The van der Waals surface area contributed by atoms with E-state index < -0.39 is 0 Å². The Morgan fingerprint density at radius 3 is 2.50 bits per heavy atom. The fraction of sp³-hybridized carbons (Fsp3) is 0.909. The van der Waals surface area contributed by atoms with Crippen LogP contribution in [-0.4, -0.2) is 42.9 Å². The number of nitrogens with one attached hydrogen (secondary N) is 1. The smallest absolute Gasteiger partial charge is 0.146 e. The van der Waals surface area contributed by atoms with Crippen LogP contribution in [0.5, 0.6) is 0 Å². The molecule has 1 aliphatic heterocycles. The number of piperidine rings is 1. The van der Waals surface area contributed by atoms with Crippen LogP contribution in [0.15, 0.2) is 0 Å². The van der Waals surface area contributed by atoms with Crippen molar-refractivity contribution in [1.29, 1.82) is 0 Å². The quantitative estimate of drug-likeness (QED) is 0.716. The summed E-state index contributed by atoms with van der Waals surface area (Å²) < 4.78 is 0.